The van der Waals surface area contributed by atoms with Crippen molar-refractivity contribution in [2.45, 2.75) is 25.6 Å². The van der Waals surface area contributed by atoms with Gasteiger partial charge in [0, 0.05) is 10.0 Å². The number of aliphatic hydroxyl groups excluding tert-OH is 1. The molecule has 1 aliphatic rings. The molecule has 1 aliphatic carbocycles. The van der Waals surface area contributed by atoms with Crippen molar-refractivity contribution in [3.8, 4) is 5.75 Å². The number of ether oxygens (including phenoxy) is 1. The van der Waals surface area contributed by atoms with Crippen LogP contribution in [0.4, 0.5) is 0 Å². The van der Waals surface area contributed by atoms with Crippen LogP contribution in [0, 0.1) is 0 Å². The molecule has 0 aromatic heterocycles. The maximum atomic E-state index is 9.87. The third-order valence-corrected chi connectivity index (χ3v) is 3.97. The van der Waals surface area contributed by atoms with E-state index in [2.05, 4.69) is 22.0 Å². The Labute approximate surface area is 121 Å². The third-order valence-electron chi connectivity index (χ3n) is 3.48. The minimum atomic E-state index is -0.329. The number of fused-ring (bicyclic) bond motifs is 1. The number of halogens is 1. The van der Waals surface area contributed by atoms with E-state index in [1.165, 1.54) is 0 Å². The number of benzene rings is 2. The molecule has 19 heavy (non-hydrogen) atoms. The van der Waals surface area contributed by atoms with Crippen LogP contribution in [0.5, 0.6) is 5.75 Å². The van der Waals surface area contributed by atoms with Gasteiger partial charge >= 0.3 is 0 Å². The standard InChI is InChI=1S/C16H15BrO2/c17-12-4-1-3-11(9-12)10-19-16-6-2-5-13-14(16)7-8-15(13)18/h1-6,9,15,18H,7-8,10H2. The van der Waals surface area contributed by atoms with Crippen molar-refractivity contribution in [2.75, 3.05) is 0 Å². The number of aliphatic hydroxyl groups is 1. The van der Waals surface area contributed by atoms with Crippen LogP contribution in [0.25, 0.3) is 0 Å². The first kappa shape index (κ1) is 12.7. The van der Waals surface area contributed by atoms with Gasteiger partial charge in [0.2, 0.25) is 0 Å². The molecule has 0 radical (unpaired) electrons. The molecule has 2 aromatic rings. The predicted octanol–water partition coefficient (Wildman–Crippen LogP) is 4.01. The smallest absolute Gasteiger partial charge is 0.123 e. The van der Waals surface area contributed by atoms with E-state index in [9.17, 15) is 5.11 Å². The molecule has 1 N–H and O–H groups in total. The van der Waals surface area contributed by atoms with E-state index in [0.717, 1.165) is 39.8 Å². The Bertz CT molecular complexity index is 595. The summed E-state index contributed by atoms with van der Waals surface area (Å²) in [5, 5.41) is 9.87. The van der Waals surface area contributed by atoms with Gasteiger partial charge in [0.25, 0.3) is 0 Å². The highest BCUT2D eigenvalue weighted by molar-refractivity contribution is 9.10. The van der Waals surface area contributed by atoms with Crippen LogP contribution in [0.1, 0.15) is 29.2 Å². The van der Waals surface area contributed by atoms with E-state index >= 15 is 0 Å². The van der Waals surface area contributed by atoms with Gasteiger partial charge in [-0.3, -0.25) is 0 Å². The van der Waals surface area contributed by atoms with Gasteiger partial charge in [-0.05, 0) is 42.2 Å². The average Bonchev–Trinajstić information content (AvgIpc) is 2.79. The highest BCUT2D eigenvalue weighted by Crippen LogP contribution is 2.36. The summed E-state index contributed by atoms with van der Waals surface area (Å²) in [4.78, 5) is 0. The summed E-state index contributed by atoms with van der Waals surface area (Å²) >= 11 is 3.46. The molecule has 98 valence electrons. The molecule has 0 amide bonds. The quantitative estimate of drug-likeness (QED) is 0.926. The normalized spacial score (nSPS) is 17.3. The summed E-state index contributed by atoms with van der Waals surface area (Å²) in [5.41, 5.74) is 3.31. The highest BCUT2D eigenvalue weighted by atomic mass is 79.9. The van der Waals surface area contributed by atoms with Gasteiger partial charge in [0.15, 0.2) is 0 Å². The molecular weight excluding hydrogens is 304 g/mol. The van der Waals surface area contributed by atoms with E-state index in [-0.39, 0.29) is 6.10 Å². The van der Waals surface area contributed by atoms with Crippen LogP contribution in [0.15, 0.2) is 46.9 Å². The molecule has 2 aromatic carbocycles. The summed E-state index contributed by atoms with van der Waals surface area (Å²) in [6.45, 7) is 0.548. The van der Waals surface area contributed by atoms with Crippen molar-refractivity contribution in [1.82, 2.24) is 0 Å². The Balaban J connectivity index is 1.78. The number of hydrogen-bond acceptors (Lipinski definition) is 2. The average molecular weight is 319 g/mol. The molecule has 0 spiro atoms. The Morgan fingerprint density at radius 3 is 2.89 bits per heavy atom. The summed E-state index contributed by atoms with van der Waals surface area (Å²) in [6.07, 6.45) is 1.36. The fraction of sp³-hybridized carbons (Fsp3) is 0.250. The molecule has 0 heterocycles. The van der Waals surface area contributed by atoms with Gasteiger partial charge in [0.1, 0.15) is 12.4 Å². The van der Waals surface area contributed by atoms with Crippen LogP contribution in [-0.4, -0.2) is 5.11 Å². The summed E-state index contributed by atoms with van der Waals surface area (Å²) in [6, 6.07) is 14.0. The minimum absolute atomic E-state index is 0.329. The van der Waals surface area contributed by atoms with Crippen LogP contribution < -0.4 is 4.74 Å². The maximum absolute atomic E-state index is 9.87. The molecule has 0 bridgehead atoms. The molecule has 0 fully saturated rings. The van der Waals surface area contributed by atoms with E-state index in [0.29, 0.717) is 6.61 Å². The Hall–Kier alpha value is -1.32. The van der Waals surface area contributed by atoms with Gasteiger partial charge in [-0.1, -0.05) is 40.2 Å². The first-order valence-corrected chi connectivity index (χ1v) is 7.20. The van der Waals surface area contributed by atoms with Crippen LogP contribution >= 0.6 is 15.9 Å². The van der Waals surface area contributed by atoms with Gasteiger partial charge < -0.3 is 9.84 Å². The zero-order valence-corrected chi connectivity index (χ0v) is 12.1. The van der Waals surface area contributed by atoms with Crippen molar-refractivity contribution in [3.63, 3.8) is 0 Å². The zero-order chi connectivity index (χ0) is 13.2. The lowest BCUT2D eigenvalue weighted by atomic mass is 10.1. The van der Waals surface area contributed by atoms with Crippen molar-refractivity contribution in [2.24, 2.45) is 0 Å². The number of rotatable bonds is 3. The van der Waals surface area contributed by atoms with Crippen molar-refractivity contribution < 1.29 is 9.84 Å². The van der Waals surface area contributed by atoms with E-state index in [4.69, 9.17) is 4.74 Å². The molecule has 0 aliphatic heterocycles. The summed E-state index contributed by atoms with van der Waals surface area (Å²) in [7, 11) is 0. The first-order valence-electron chi connectivity index (χ1n) is 6.41. The maximum Gasteiger partial charge on any atom is 0.123 e. The highest BCUT2D eigenvalue weighted by Gasteiger charge is 2.23. The van der Waals surface area contributed by atoms with E-state index in [1.54, 1.807) is 0 Å². The van der Waals surface area contributed by atoms with Gasteiger partial charge in [-0.15, -0.1) is 0 Å². The molecule has 3 rings (SSSR count). The van der Waals surface area contributed by atoms with Crippen LogP contribution in [-0.2, 0) is 13.0 Å². The lowest BCUT2D eigenvalue weighted by Gasteiger charge is -2.11. The van der Waals surface area contributed by atoms with Crippen LogP contribution in [0.2, 0.25) is 0 Å². The SMILES string of the molecule is OC1CCc2c(OCc3cccc(Br)c3)cccc21. The van der Waals surface area contributed by atoms with Crippen molar-refractivity contribution in [1.29, 1.82) is 0 Å². The topological polar surface area (TPSA) is 29.5 Å². The second kappa shape index (κ2) is 5.35. The predicted molar refractivity (Wildman–Crippen MR) is 78.2 cm³/mol. The molecule has 0 saturated heterocycles. The lowest BCUT2D eigenvalue weighted by Crippen LogP contribution is -1.99. The van der Waals surface area contributed by atoms with Crippen molar-refractivity contribution in [3.05, 3.63) is 63.6 Å². The van der Waals surface area contributed by atoms with Gasteiger partial charge in [-0.2, -0.15) is 0 Å². The lowest BCUT2D eigenvalue weighted by molar-refractivity contribution is 0.180. The molecule has 1 atom stereocenters. The molecular formula is C16H15BrO2. The fourth-order valence-corrected chi connectivity index (χ4v) is 2.97. The van der Waals surface area contributed by atoms with E-state index in [1.807, 2.05) is 36.4 Å². The third kappa shape index (κ3) is 2.67. The molecule has 0 saturated carbocycles. The van der Waals surface area contributed by atoms with Crippen molar-refractivity contribution >= 4 is 15.9 Å². The Morgan fingerprint density at radius 1 is 1.21 bits per heavy atom. The zero-order valence-electron chi connectivity index (χ0n) is 10.5. The second-order valence-electron chi connectivity index (χ2n) is 4.80. The molecule has 1 unspecified atom stereocenters. The minimum Gasteiger partial charge on any atom is -0.489 e. The monoisotopic (exact) mass is 318 g/mol. The summed E-state index contributed by atoms with van der Waals surface area (Å²) < 4.78 is 6.96. The van der Waals surface area contributed by atoms with Crippen LogP contribution in [0.3, 0.4) is 0 Å². The van der Waals surface area contributed by atoms with Gasteiger partial charge in [-0.25, -0.2) is 0 Å². The Kier molecular flexibility index (Phi) is 3.58. The Morgan fingerprint density at radius 2 is 2.05 bits per heavy atom. The van der Waals surface area contributed by atoms with E-state index < -0.39 is 0 Å². The fourth-order valence-electron chi connectivity index (χ4n) is 2.52. The van der Waals surface area contributed by atoms with Gasteiger partial charge in [0.05, 0.1) is 6.10 Å². The summed E-state index contributed by atoms with van der Waals surface area (Å²) in [5.74, 6) is 0.897. The number of hydrogen-bond donors (Lipinski definition) is 1. The second-order valence-corrected chi connectivity index (χ2v) is 5.71. The first-order chi connectivity index (χ1) is 9.24. The largest absolute Gasteiger partial charge is 0.489 e. The molecule has 2 nitrogen and oxygen atoms in total. The molecule has 3 heteroatoms.